The summed E-state index contributed by atoms with van der Waals surface area (Å²) in [6.45, 7) is 1.95. The summed E-state index contributed by atoms with van der Waals surface area (Å²) >= 11 is 0. The van der Waals surface area contributed by atoms with Gasteiger partial charge in [0.2, 0.25) is 0 Å². The van der Waals surface area contributed by atoms with Crippen LogP contribution >= 0.6 is 0 Å². The van der Waals surface area contributed by atoms with E-state index >= 15 is 0 Å². The molecule has 3 atom stereocenters. The second-order valence-electron chi connectivity index (χ2n) is 5.72. The van der Waals surface area contributed by atoms with Crippen molar-refractivity contribution in [1.82, 2.24) is 0 Å². The number of para-hydroxylation sites is 2. The second-order valence-corrected chi connectivity index (χ2v) is 5.72. The Morgan fingerprint density at radius 1 is 1.10 bits per heavy atom. The number of rotatable bonds is 1. The average Bonchev–Trinajstić information content (AvgIpc) is 3.00. The van der Waals surface area contributed by atoms with Crippen molar-refractivity contribution in [3.63, 3.8) is 0 Å². The van der Waals surface area contributed by atoms with Crippen molar-refractivity contribution in [3.8, 4) is 11.5 Å². The van der Waals surface area contributed by atoms with Crippen LogP contribution in [0.3, 0.4) is 0 Å². The highest BCUT2D eigenvalue weighted by Crippen LogP contribution is 2.47. The molecule has 1 saturated heterocycles. The number of hydrogen-bond acceptors (Lipinski definition) is 5. The van der Waals surface area contributed by atoms with Gasteiger partial charge in [-0.05, 0) is 25.5 Å². The second kappa shape index (κ2) is 4.38. The molecule has 6 heteroatoms. The Labute approximate surface area is 122 Å². The normalized spacial score (nSPS) is 30.0. The number of allylic oxidation sites excluding steroid dienone is 2. The van der Waals surface area contributed by atoms with Crippen molar-refractivity contribution in [3.05, 3.63) is 35.9 Å². The lowest BCUT2D eigenvalue weighted by atomic mass is 9.58. The number of benzene rings is 1. The molecule has 1 aromatic carbocycles. The quantitative estimate of drug-likeness (QED) is 0.341. The summed E-state index contributed by atoms with van der Waals surface area (Å²) in [5.41, 5.74) is 1.05. The van der Waals surface area contributed by atoms with Crippen molar-refractivity contribution in [2.24, 2.45) is 11.8 Å². The van der Waals surface area contributed by atoms with Gasteiger partial charge in [0.15, 0.2) is 0 Å². The predicted octanol–water partition coefficient (Wildman–Crippen LogP) is 1.98. The van der Waals surface area contributed by atoms with Crippen molar-refractivity contribution >= 4 is 19.1 Å². The number of hydrogen-bond donors (Lipinski definition) is 0. The van der Waals surface area contributed by atoms with Crippen LogP contribution in [0.1, 0.15) is 13.3 Å². The minimum absolute atomic E-state index is 0.310. The van der Waals surface area contributed by atoms with E-state index in [1.807, 2.05) is 37.3 Å². The molecule has 0 unspecified atom stereocenters. The van der Waals surface area contributed by atoms with Crippen LogP contribution in [-0.2, 0) is 14.3 Å². The third kappa shape index (κ3) is 1.86. The van der Waals surface area contributed by atoms with Crippen molar-refractivity contribution in [1.29, 1.82) is 0 Å². The van der Waals surface area contributed by atoms with Gasteiger partial charge in [0.1, 0.15) is 11.5 Å². The monoisotopic (exact) mass is 284 g/mol. The Balaban J connectivity index is 1.67. The third-order valence-corrected chi connectivity index (χ3v) is 4.29. The van der Waals surface area contributed by atoms with Gasteiger partial charge in [-0.25, -0.2) is 0 Å². The number of carbonyl (C=O) groups is 2. The average molecular weight is 284 g/mol. The number of ether oxygens (including phenoxy) is 1. The molecule has 0 radical (unpaired) electrons. The summed E-state index contributed by atoms with van der Waals surface area (Å²) in [4.78, 5) is 23.8. The number of carbonyl (C=O) groups excluding carboxylic acids is 2. The van der Waals surface area contributed by atoms with E-state index in [0.717, 1.165) is 5.57 Å². The maximum absolute atomic E-state index is 12.0. The van der Waals surface area contributed by atoms with E-state index in [0.29, 0.717) is 17.9 Å². The zero-order chi connectivity index (χ0) is 14.6. The highest BCUT2D eigenvalue weighted by atomic mass is 16.6. The molecule has 0 amide bonds. The molecule has 1 aliphatic carbocycles. The largest absolute Gasteiger partial charge is 0.603 e. The minimum Gasteiger partial charge on any atom is -0.523 e. The first kappa shape index (κ1) is 12.5. The summed E-state index contributed by atoms with van der Waals surface area (Å²) < 4.78 is 16.4. The first-order chi connectivity index (χ1) is 10.1. The van der Waals surface area contributed by atoms with Gasteiger partial charge in [0.05, 0.1) is 17.7 Å². The van der Waals surface area contributed by atoms with Gasteiger partial charge in [-0.15, -0.1) is 0 Å². The van der Waals surface area contributed by atoms with E-state index in [1.165, 1.54) is 0 Å². The molecule has 2 heterocycles. The molecule has 21 heavy (non-hydrogen) atoms. The molecule has 2 aliphatic heterocycles. The number of cyclic esters (lactones) is 2. The standard InChI is InChI=1S/C15H13BO5/c1-8-6-9-13(15(18)19-14(9)17)10(7-8)16-20-11-4-2-3-5-12(11)21-16/h2-5,7,9-10,13H,6H2,1H3/t9-,10+,13-/m0/s1. The topological polar surface area (TPSA) is 61.8 Å². The van der Waals surface area contributed by atoms with Crippen molar-refractivity contribution in [2.45, 2.75) is 19.2 Å². The number of esters is 2. The van der Waals surface area contributed by atoms with Gasteiger partial charge >= 0.3 is 19.1 Å². The molecule has 0 spiro atoms. The Kier molecular flexibility index (Phi) is 2.61. The molecular weight excluding hydrogens is 271 g/mol. The molecule has 4 rings (SSSR count). The van der Waals surface area contributed by atoms with Crippen LogP contribution in [0.25, 0.3) is 0 Å². The van der Waals surface area contributed by atoms with Crippen molar-refractivity contribution < 1.29 is 23.6 Å². The van der Waals surface area contributed by atoms with E-state index in [4.69, 9.17) is 14.0 Å². The zero-order valence-electron chi connectivity index (χ0n) is 11.4. The highest BCUT2D eigenvalue weighted by Gasteiger charge is 2.56. The summed E-state index contributed by atoms with van der Waals surface area (Å²) in [6, 6.07) is 7.38. The number of fused-ring (bicyclic) bond motifs is 2. The maximum atomic E-state index is 12.0. The van der Waals surface area contributed by atoms with Crippen LogP contribution in [0.2, 0.25) is 5.82 Å². The predicted molar refractivity (Wildman–Crippen MR) is 73.7 cm³/mol. The van der Waals surface area contributed by atoms with Crippen LogP contribution in [0.5, 0.6) is 11.5 Å². The highest BCUT2D eigenvalue weighted by molar-refractivity contribution is 6.51. The molecule has 5 nitrogen and oxygen atoms in total. The fourth-order valence-corrected chi connectivity index (χ4v) is 3.36. The molecular formula is C15H13BO5. The van der Waals surface area contributed by atoms with Gasteiger partial charge in [-0.2, -0.15) is 0 Å². The van der Waals surface area contributed by atoms with Crippen LogP contribution in [-0.4, -0.2) is 19.1 Å². The first-order valence-electron chi connectivity index (χ1n) is 6.98. The smallest absolute Gasteiger partial charge is 0.523 e. The van der Waals surface area contributed by atoms with E-state index in [1.54, 1.807) is 0 Å². The van der Waals surface area contributed by atoms with Gasteiger partial charge in [0.25, 0.3) is 0 Å². The van der Waals surface area contributed by atoms with Gasteiger partial charge in [-0.3, -0.25) is 9.59 Å². The van der Waals surface area contributed by atoms with E-state index in [2.05, 4.69) is 0 Å². The molecule has 3 aliphatic rings. The van der Waals surface area contributed by atoms with Crippen LogP contribution in [0.15, 0.2) is 35.9 Å². The molecule has 0 saturated carbocycles. The SMILES string of the molecule is CC1=C[C@@H](B2Oc3ccccc3O2)[C@H]2C(=O)OC(=O)[C@H]2C1. The van der Waals surface area contributed by atoms with Gasteiger partial charge in [0, 0.05) is 0 Å². The Bertz CT molecular complexity index is 643. The van der Waals surface area contributed by atoms with Crippen LogP contribution in [0.4, 0.5) is 0 Å². The molecule has 0 bridgehead atoms. The Morgan fingerprint density at radius 3 is 2.43 bits per heavy atom. The Hall–Kier alpha value is -2.24. The maximum Gasteiger partial charge on any atom is 0.603 e. The van der Waals surface area contributed by atoms with E-state index < -0.39 is 30.9 Å². The molecule has 106 valence electrons. The summed E-state index contributed by atoms with van der Waals surface area (Å²) in [5, 5.41) is 0. The van der Waals surface area contributed by atoms with Crippen LogP contribution in [0, 0.1) is 11.8 Å². The molecule has 0 N–H and O–H groups in total. The van der Waals surface area contributed by atoms with Crippen molar-refractivity contribution in [2.75, 3.05) is 0 Å². The third-order valence-electron chi connectivity index (χ3n) is 4.29. The lowest BCUT2D eigenvalue weighted by molar-refractivity contribution is -0.153. The Morgan fingerprint density at radius 2 is 1.76 bits per heavy atom. The zero-order valence-corrected chi connectivity index (χ0v) is 11.4. The first-order valence-corrected chi connectivity index (χ1v) is 6.98. The fourth-order valence-electron chi connectivity index (χ4n) is 3.36. The molecule has 0 aromatic heterocycles. The fraction of sp³-hybridized carbons (Fsp3) is 0.333. The lowest BCUT2D eigenvalue weighted by Gasteiger charge is -2.27. The van der Waals surface area contributed by atoms with E-state index in [-0.39, 0.29) is 5.82 Å². The molecule has 1 aromatic rings. The van der Waals surface area contributed by atoms with Gasteiger partial charge < -0.3 is 14.0 Å². The minimum atomic E-state index is -0.594. The van der Waals surface area contributed by atoms with Crippen LogP contribution < -0.4 is 9.31 Å². The molecule has 1 fully saturated rings. The van der Waals surface area contributed by atoms with Gasteiger partial charge in [-0.1, -0.05) is 23.8 Å². The van der Waals surface area contributed by atoms with E-state index in [9.17, 15) is 9.59 Å². The summed E-state index contributed by atoms with van der Waals surface area (Å²) in [6.07, 6.45) is 2.53. The lowest BCUT2D eigenvalue weighted by Crippen LogP contribution is -2.40. The summed E-state index contributed by atoms with van der Waals surface area (Å²) in [7, 11) is -0.594. The summed E-state index contributed by atoms with van der Waals surface area (Å²) in [5.74, 6) is -0.819.